The molecule has 0 aliphatic carbocycles. The van der Waals surface area contributed by atoms with Gasteiger partial charge in [0.05, 0.1) is 0 Å². The second-order valence-corrected chi connectivity index (χ2v) is 5.86. The molecule has 0 bridgehead atoms. The number of primary amides is 1. The van der Waals surface area contributed by atoms with Crippen LogP contribution >= 0.6 is 11.6 Å². The lowest BCUT2D eigenvalue weighted by Crippen LogP contribution is -2.29. The number of carbonyl (C=O) groups excluding carboxylic acids is 3. The monoisotopic (exact) mass is 374 g/mol. The van der Waals surface area contributed by atoms with E-state index in [9.17, 15) is 14.4 Å². The Labute approximate surface area is 155 Å². The number of nitrogens with two attached hydrogens (primary N) is 1. The number of halogens is 1. The van der Waals surface area contributed by atoms with Gasteiger partial charge in [0, 0.05) is 35.8 Å². The lowest BCUT2D eigenvalue weighted by molar-refractivity contribution is -0.117. The van der Waals surface area contributed by atoms with Gasteiger partial charge in [0.25, 0.3) is 5.91 Å². The topological polar surface area (TPSA) is 113 Å². The van der Waals surface area contributed by atoms with Crippen LogP contribution in [-0.2, 0) is 11.3 Å². The molecule has 8 heteroatoms. The normalized spacial score (nSPS) is 10.0. The molecular formula is C18H19ClN4O3. The van der Waals surface area contributed by atoms with E-state index in [1.807, 2.05) is 18.2 Å². The zero-order valence-electron chi connectivity index (χ0n) is 13.9. The average molecular weight is 375 g/mol. The van der Waals surface area contributed by atoms with Crippen LogP contribution in [0.25, 0.3) is 0 Å². The van der Waals surface area contributed by atoms with Crippen molar-refractivity contribution in [2.45, 2.75) is 13.0 Å². The molecule has 2 aromatic rings. The molecule has 26 heavy (non-hydrogen) atoms. The highest BCUT2D eigenvalue weighted by Crippen LogP contribution is 2.15. The van der Waals surface area contributed by atoms with Crippen molar-refractivity contribution < 1.29 is 14.4 Å². The van der Waals surface area contributed by atoms with Crippen molar-refractivity contribution in [3.8, 4) is 0 Å². The number of urea groups is 1. The average Bonchev–Trinajstić information content (AvgIpc) is 2.61. The van der Waals surface area contributed by atoms with Crippen LogP contribution in [-0.4, -0.2) is 24.4 Å². The first-order valence-electron chi connectivity index (χ1n) is 7.90. The van der Waals surface area contributed by atoms with E-state index in [1.54, 1.807) is 24.3 Å². The van der Waals surface area contributed by atoms with E-state index >= 15 is 0 Å². The number of nitrogens with one attached hydrogen (secondary N) is 3. The fraction of sp³-hybridized carbons (Fsp3) is 0.167. The van der Waals surface area contributed by atoms with Gasteiger partial charge < -0.3 is 21.7 Å². The second kappa shape index (κ2) is 9.43. The maximum absolute atomic E-state index is 12.0. The number of hydrogen-bond donors (Lipinski definition) is 4. The predicted octanol–water partition coefficient (Wildman–Crippen LogP) is 2.27. The van der Waals surface area contributed by atoms with E-state index in [4.69, 9.17) is 17.3 Å². The number of hydrogen-bond acceptors (Lipinski definition) is 3. The Morgan fingerprint density at radius 2 is 1.77 bits per heavy atom. The number of amides is 4. The molecule has 0 saturated heterocycles. The molecule has 7 nitrogen and oxygen atoms in total. The van der Waals surface area contributed by atoms with Crippen molar-refractivity contribution in [3.63, 3.8) is 0 Å². The number of carbonyl (C=O) groups is 3. The first kappa shape index (κ1) is 19.3. The minimum absolute atomic E-state index is 0.0636. The Morgan fingerprint density at radius 3 is 2.50 bits per heavy atom. The molecule has 0 aliphatic heterocycles. The van der Waals surface area contributed by atoms with E-state index in [1.165, 1.54) is 6.07 Å². The SMILES string of the molecule is NC(=O)CCNC(=O)c1cccc(NC(=O)NCc2ccccc2Cl)c1. The summed E-state index contributed by atoms with van der Waals surface area (Å²) >= 11 is 6.04. The van der Waals surface area contributed by atoms with Gasteiger partial charge in [-0.3, -0.25) is 9.59 Å². The van der Waals surface area contributed by atoms with Crippen molar-refractivity contribution in [2.75, 3.05) is 11.9 Å². The van der Waals surface area contributed by atoms with Gasteiger partial charge in [-0.05, 0) is 29.8 Å². The van der Waals surface area contributed by atoms with E-state index in [0.717, 1.165) is 5.56 Å². The van der Waals surface area contributed by atoms with Crippen molar-refractivity contribution in [1.29, 1.82) is 0 Å². The highest BCUT2D eigenvalue weighted by molar-refractivity contribution is 6.31. The van der Waals surface area contributed by atoms with Crippen LogP contribution in [0, 0.1) is 0 Å². The summed E-state index contributed by atoms with van der Waals surface area (Å²) in [7, 11) is 0. The first-order chi connectivity index (χ1) is 12.5. The van der Waals surface area contributed by atoms with Crippen molar-refractivity contribution >= 4 is 35.1 Å². The van der Waals surface area contributed by atoms with Crippen LogP contribution in [0.3, 0.4) is 0 Å². The van der Waals surface area contributed by atoms with Crippen LogP contribution in [0.5, 0.6) is 0 Å². The maximum Gasteiger partial charge on any atom is 0.319 e. The van der Waals surface area contributed by atoms with Gasteiger partial charge in [-0.2, -0.15) is 0 Å². The largest absolute Gasteiger partial charge is 0.370 e. The number of anilines is 1. The fourth-order valence-corrected chi connectivity index (χ4v) is 2.33. The summed E-state index contributed by atoms with van der Waals surface area (Å²) in [5.74, 6) is -0.845. The molecule has 0 unspecified atom stereocenters. The molecule has 0 aliphatic rings. The van der Waals surface area contributed by atoms with Gasteiger partial charge in [-0.15, -0.1) is 0 Å². The van der Waals surface area contributed by atoms with Gasteiger partial charge in [0.15, 0.2) is 0 Å². The maximum atomic E-state index is 12.0. The molecule has 136 valence electrons. The summed E-state index contributed by atoms with van der Waals surface area (Å²) in [6.45, 7) is 0.433. The van der Waals surface area contributed by atoms with Gasteiger partial charge in [0.1, 0.15) is 0 Å². The molecule has 2 aromatic carbocycles. The lowest BCUT2D eigenvalue weighted by atomic mass is 10.2. The fourth-order valence-electron chi connectivity index (χ4n) is 2.13. The molecule has 0 radical (unpaired) electrons. The minimum Gasteiger partial charge on any atom is -0.370 e. The van der Waals surface area contributed by atoms with Crippen LogP contribution in [0.2, 0.25) is 5.02 Å². The number of benzene rings is 2. The Hall–Kier alpha value is -3.06. The summed E-state index contributed by atoms with van der Waals surface area (Å²) in [5.41, 5.74) is 6.64. The van der Waals surface area contributed by atoms with Crippen LogP contribution in [0.15, 0.2) is 48.5 Å². The van der Waals surface area contributed by atoms with E-state index in [2.05, 4.69) is 16.0 Å². The van der Waals surface area contributed by atoms with E-state index in [0.29, 0.717) is 16.3 Å². The Bertz CT molecular complexity index is 811. The van der Waals surface area contributed by atoms with E-state index < -0.39 is 11.9 Å². The zero-order valence-corrected chi connectivity index (χ0v) is 14.7. The Morgan fingerprint density at radius 1 is 1.00 bits per heavy atom. The molecule has 0 aromatic heterocycles. The molecule has 0 atom stereocenters. The summed E-state index contributed by atoms with van der Waals surface area (Å²) in [5, 5.41) is 8.50. The molecule has 0 saturated carbocycles. The molecule has 0 spiro atoms. The van der Waals surface area contributed by atoms with Gasteiger partial charge in [0.2, 0.25) is 5.91 Å². The second-order valence-electron chi connectivity index (χ2n) is 5.45. The summed E-state index contributed by atoms with van der Waals surface area (Å²) in [4.78, 5) is 34.7. The van der Waals surface area contributed by atoms with Crippen LogP contribution in [0.4, 0.5) is 10.5 Å². The van der Waals surface area contributed by atoms with Crippen LogP contribution < -0.4 is 21.7 Å². The predicted molar refractivity (Wildman–Crippen MR) is 99.9 cm³/mol. The Kier molecular flexibility index (Phi) is 6.99. The van der Waals surface area contributed by atoms with Gasteiger partial charge in [-0.1, -0.05) is 35.9 Å². The van der Waals surface area contributed by atoms with Gasteiger partial charge >= 0.3 is 6.03 Å². The summed E-state index contributed by atoms with van der Waals surface area (Å²) < 4.78 is 0. The third kappa shape index (κ3) is 6.10. The molecule has 2 rings (SSSR count). The summed E-state index contributed by atoms with van der Waals surface area (Å²) in [6, 6.07) is 13.2. The van der Waals surface area contributed by atoms with Crippen molar-refractivity contribution in [1.82, 2.24) is 10.6 Å². The lowest BCUT2D eigenvalue weighted by Gasteiger charge is -2.10. The third-order valence-corrected chi connectivity index (χ3v) is 3.81. The van der Waals surface area contributed by atoms with Crippen molar-refractivity contribution in [2.24, 2.45) is 5.73 Å². The minimum atomic E-state index is -0.490. The molecule has 4 amide bonds. The number of rotatable bonds is 7. The molecule has 0 fully saturated rings. The van der Waals surface area contributed by atoms with Gasteiger partial charge in [-0.25, -0.2) is 4.79 Å². The van der Waals surface area contributed by atoms with Crippen LogP contribution in [0.1, 0.15) is 22.3 Å². The molecular weight excluding hydrogens is 356 g/mol. The van der Waals surface area contributed by atoms with E-state index in [-0.39, 0.29) is 25.4 Å². The zero-order chi connectivity index (χ0) is 18.9. The highest BCUT2D eigenvalue weighted by atomic mass is 35.5. The standard InChI is InChI=1S/C18H19ClN4O3/c19-15-7-2-1-4-13(15)11-22-18(26)23-14-6-3-5-12(10-14)17(25)21-9-8-16(20)24/h1-7,10H,8-9,11H2,(H2,20,24)(H,21,25)(H2,22,23,26). The smallest absolute Gasteiger partial charge is 0.319 e. The quantitative estimate of drug-likeness (QED) is 0.596. The van der Waals surface area contributed by atoms with Crippen molar-refractivity contribution in [3.05, 3.63) is 64.7 Å². The Balaban J connectivity index is 1.89. The highest BCUT2D eigenvalue weighted by Gasteiger charge is 2.08. The first-order valence-corrected chi connectivity index (χ1v) is 8.28. The molecule has 0 heterocycles. The molecule has 5 N–H and O–H groups in total. The third-order valence-electron chi connectivity index (χ3n) is 3.44. The summed E-state index contributed by atoms with van der Waals surface area (Å²) in [6.07, 6.45) is 0.0636.